The Morgan fingerprint density at radius 2 is 2.29 bits per heavy atom. The van der Waals surface area contributed by atoms with Crippen molar-refractivity contribution < 1.29 is 4.79 Å². The predicted octanol–water partition coefficient (Wildman–Crippen LogP) is 2.54. The Labute approximate surface area is 103 Å². The zero-order chi connectivity index (χ0) is 11.8. The molecule has 1 aliphatic rings. The van der Waals surface area contributed by atoms with Crippen molar-refractivity contribution in [3.8, 4) is 0 Å². The first-order valence-electron chi connectivity index (χ1n) is 5.32. The van der Waals surface area contributed by atoms with E-state index in [1.54, 1.807) is 12.3 Å². The first-order chi connectivity index (χ1) is 8.25. The van der Waals surface area contributed by atoms with Gasteiger partial charge in [-0.25, -0.2) is 0 Å². The lowest BCUT2D eigenvalue weighted by molar-refractivity contribution is -0.116. The van der Waals surface area contributed by atoms with E-state index < -0.39 is 0 Å². The summed E-state index contributed by atoms with van der Waals surface area (Å²) >= 11 is 6.10. The highest BCUT2D eigenvalue weighted by Gasteiger charge is 2.28. The van der Waals surface area contributed by atoms with Gasteiger partial charge in [0.15, 0.2) is 0 Å². The minimum absolute atomic E-state index is 0.0169. The van der Waals surface area contributed by atoms with Gasteiger partial charge < -0.3 is 5.32 Å². The van der Waals surface area contributed by atoms with Crippen LogP contribution in [0.5, 0.6) is 0 Å². The van der Waals surface area contributed by atoms with E-state index in [2.05, 4.69) is 15.5 Å². The van der Waals surface area contributed by atoms with Gasteiger partial charge in [-0.3, -0.25) is 9.89 Å². The Kier molecular flexibility index (Phi) is 2.37. The highest BCUT2D eigenvalue weighted by molar-refractivity contribution is 6.34. The molecule has 5 heteroatoms. The third kappa shape index (κ3) is 1.70. The van der Waals surface area contributed by atoms with Gasteiger partial charge in [0.05, 0.1) is 16.9 Å². The van der Waals surface area contributed by atoms with Crippen molar-refractivity contribution in [1.29, 1.82) is 0 Å². The SMILES string of the molecule is O=C1CC(c2cn[nH]c2)c2cccc(Cl)c2N1. The number of rotatable bonds is 1. The highest BCUT2D eigenvalue weighted by Crippen LogP contribution is 2.39. The molecule has 1 aliphatic heterocycles. The number of H-pyrrole nitrogens is 1. The fourth-order valence-electron chi connectivity index (χ4n) is 2.20. The van der Waals surface area contributed by atoms with Gasteiger partial charge in [-0.15, -0.1) is 0 Å². The quantitative estimate of drug-likeness (QED) is 0.814. The van der Waals surface area contributed by atoms with Crippen LogP contribution in [-0.2, 0) is 4.79 Å². The number of fused-ring (bicyclic) bond motifs is 1. The van der Waals surface area contributed by atoms with Crippen LogP contribution in [0.2, 0.25) is 5.02 Å². The van der Waals surface area contributed by atoms with Gasteiger partial charge in [0.1, 0.15) is 0 Å². The average molecular weight is 248 g/mol. The smallest absolute Gasteiger partial charge is 0.225 e. The summed E-state index contributed by atoms with van der Waals surface area (Å²) < 4.78 is 0. The van der Waals surface area contributed by atoms with E-state index in [0.717, 1.165) is 16.8 Å². The summed E-state index contributed by atoms with van der Waals surface area (Å²) in [6, 6.07) is 5.66. The van der Waals surface area contributed by atoms with Crippen LogP contribution in [0.15, 0.2) is 30.6 Å². The van der Waals surface area contributed by atoms with Crippen molar-refractivity contribution in [3.63, 3.8) is 0 Å². The lowest BCUT2D eigenvalue weighted by atomic mass is 9.86. The normalized spacial score (nSPS) is 18.6. The molecule has 1 aromatic carbocycles. The molecule has 0 aliphatic carbocycles. The van der Waals surface area contributed by atoms with E-state index in [1.807, 2.05) is 18.3 Å². The number of nitrogens with one attached hydrogen (secondary N) is 2. The number of nitrogens with zero attached hydrogens (tertiary/aromatic N) is 1. The number of carbonyl (C=O) groups excluding carboxylic acids is 1. The Morgan fingerprint density at radius 1 is 1.41 bits per heavy atom. The van der Waals surface area contributed by atoms with E-state index in [1.165, 1.54) is 0 Å². The second-order valence-electron chi connectivity index (χ2n) is 4.04. The number of amides is 1. The molecule has 0 saturated carbocycles. The van der Waals surface area contributed by atoms with Crippen molar-refractivity contribution in [1.82, 2.24) is 10.2 Å². The third-order valence-electron chi connectivity index (χ3n) is 3.00. The number of halogens is 1. The molecule has 0 spiro atoms. The van der Waals surface area contributed by atoms with Gasteiger partial charge >= 0.3 is 0 Å². The average Bonchev–Trinajstić information content (AvgIpc) is 2.83. The van der Waals surface area contributed by atoms with Gasteiger partial charge in [0.2, 0.25) is 5.91 Å². The molecule has 0 saturated heterocycles. The van der Waals surface area contributed by atoms with E-state index in [9.17, 15) is 4.79 Å². The minimum atomic E-state index is -0.0169. The van der Waals surface area contributed by atoms with Gasteiger partial charge in [0.25, 0.3) is 0 Å². The fourth-order valence-corrected chi connectivity index (χ4v) is 2.43. The van der Waals surface area contributed by atoms with Gasteiger partial charge in [-0.05, 0) is 17.2 Å². The number of benzene rings is 1. The summed E-state index contributed by atoms with van der Waals surface area (Å²) in [4.78, 5) is 11.7. The molecule has 1 atom stereocenters. The molecule has 0 radical (unpaired) electrons. The number of anilines is 1. The molecule has 86 valence electrons. The molecule has 2 heterocycles. The largest absolute Gasteiger partial charge is 0.324 e. The second-order valence-corrected chi connectivity index (χ2v) is 4.45. The van der Waals surface area contributed by atoms with E-state index in [4.69, 9.17) is 11.6 Å². The summed E-state index contributed by atoms with van der Waals surface area (Å²) in [7, 11) is 0. The van der Waals surface area contributed by atoms with E-state index in [-0.39, 0.29) is 11.8 Å². The number of hydrogen-bond donors (Lipinski definition) is 2. The molecular formula is C12H10ClN3O. The molecule has 1 aromatic heterocycles. The van der Waals surface area contributed by atoms with Crippen LogP contribution in [0, 0.1) is 0 Å². The standard InChI is InChI=1S/C12H10ClN3O/c13-10-3-1-2-8-9(7-5-14-15-6-7)4-11(17)16-12(8)10/h1-3,5-6,9H,4H2,(H,14,15)(H,16,17). The number of aromatic amines is 1. The van der Waals surface area contributed by atoms with Crippen molar-refractivity contribution in [2.24, 2.45) is 0 Å². The van der Waals surface area contributed by atoms with Crippen LogP contribution >= 0.6 is 11.6 Å². The topological polar surface area (TPSA) is 57.8 Å². The van der Waals surface area contributed by atoms with Crippen molar-refractivity contribution in [2.75, 3.05) is 5.32 Å². The number of carbonyl (C=O) groups is 1. The second kappa shape index (κ2) is 3.89. The Morgan fingerprint density at radius 3 is 3.06 bits per heavy atom. The Hall–Kier alpha value is -1.81. The first-order valence-corrected chi connectivity index (χ1v) is 5.70. The van der Waals surface area contributed by atoms with Crippen molar-refractivity contribution >= 4 is 23.2 Å². The molecule has 2 N–H and O–H groups in total. The van der Waals surface area contributed by atoms with E-state index in [0.29, 0.717) is 11.4 Å². The molecule has 4 nitrogen and oxygen atoms in total. The van der Waals surface area contributed by atoms with E-state index >= 15 is 0 Å². The predicted molar refractivity (Wildman–Crippen MR) is 65.1 cm³/mol. The van der Waals surface area contributed by atoms with Crippen LogP contribution in [-0.4, -0.2) is 16.1 Å². The minimum Gasteiger partial charge on any atom is -0.324 e. The summed E-state index contributed by atoms with van der Waals surface area (Å²) in [6.45, 7) is 0. The molecule has 3 rings (SSSR count). The van der Waals surface area contributed by atoms with Crippen molar-refractivity contribution in [3.05, 3.63) is 46.7 Å². The van der Waals surface area contributed by atoms with Crippen LogP contribution in [0.3, 0.4) is 0 Å². The molecular weight excluding hydrogens is 238 g/mol. The van der Waals surface area contributed by atoms with Crippen LogP contribution in [0.1, 0.15) is 23.5 Å². The molecule has 0 bridgehead atoms. The molecule has 2 aromatic rings. The molecule has 17 heavy (non-hydrogen) atoms. The van der Waals surface area contributed by atoms with Gasteiger partial charge in [0, 0.05) is 18.5 Å². The number of hydrogen-bond acceptors (Lipinski definition) is 2. The fraction of sp³-hybridized carbons (Fsp3) is 0.167. The zero-order valence-corrected chi connectivity index (χ0v) is 9.66. The van der Waals surface area contributed by atoms with Crippen molar-refractivity contribution in [2.45, 2.75) is 12.3 Å². The maximum absolute atomic E-state index is 11.7. The van der Waals surface area contributed by atoms with Crippen LogP contribution in [0.25, 0.3) is 0 Å². The number of para-hydroxylation sites is 1. The molecule has 1 amide bonds. The molecule has 0 fully saturated rings. The number of aromatic nitrogens is 2. The van der Waals surface area contributed by atoms with Gasteiger partial charge in [-0.2, -0.15) is 5.10 Å². The summed E-state index contributed by atoms with van der Waals surface area (Å²) in [5, 5.41) is 10.1. The van der Waals surface area contributed by atoms with Crippen LogP contribution in [0.4, 0.5) is 5.69 Å². The third-order valence-corrected chi connectivity index (χ3v) is 3.31. The zero-order valence-electron chi connectivity index (χ0n) is 8.90. The first kappa shape index (κ1) is 10.4. The highest BCUT2D eigenvalue weighted by atomic mass is 35.5. The van der Waals surface area contributed by atoms with Gasteiger partial charge in [-0.1, -0.05) is 23.7 Å². The van der Waals surface area contributed by atoms with Crippen LogP contribution < -0.4 is 5.32 Å². The Bertz CT molecular complexity index is 565. The Balaban J connectivity index is 2.15. The summed E-state index contributed by atoms with van der Waals surface area (Å²) in [5.41, 5.74) is 2.76. The maximum Gasteiger partial charge on any atom is 0.225 e. The maximum atomic E-state index is 11.7. The lowest BCUT2D eigenvalue weighted by Gasteiger charge is -2.25. The lowest BCUT2D eigenvalue weighted by Crippen LogP contribution is -2.23. The molecule has 1 unspecified atom stereocenters. The monoisotopic (exact) mass is 247 g/mol. The summed E-state index contributed by atoms with van der Waals surface area (Å²) in [5.74, 6) is 0.00741. The summed E-state index contributed by atoms with van der Waals surface area (Å²) in [6.07, 6.45) is 3.98.